The molecular formula is C28H34ClF3N6O6S. The van der Waals surface area contributed by atoms with Gasteiger partial charge in [0.25, 0.3) is 0 Å². The second-order valence-corrected chi connectivity index (χ2v) is 13.2. The summed E-state index contributed by atoms with van der Waals surface area (Å²) in [6.45, 7) is 4.23. The first-order valence-corrected chi connectivity index (χ1v) is 16.2. The number of nitrogens with two attached hydrogens (primary N) is 1. The van der Waals surface area contributed by atoms with E-state index >= 15 is 0 Å². The molecule has 0 spiro atoms. The summed E-state index contributed by atoms with van der Waals surface area (Å²) in [5.74, 6) is -1.90. The maximum absolute atomic E-state index is 13.0. The van der Waals surface area contributed by atoms with Crippen LogP contribution in [0.3, 0.4) is 0 Å². The van der Waals surface area contributed by atoms with Crippen molar-refractivity contribution in [2.75, 3.05) is 38.0 Å². The molecule has 2 heterocycles. The number of ether oxygens (including phenoxy) is 1. The highest BCUT2D eigenvalue weighted by molar-refractivity contribution is 7.88. The fourth-order valence-corrected chi connectivity index (χ4v) is 5.35. The van der Waals surface area contributed by atoms with E-state index in [9.17, 15) is 26.4 Å². The van der Waals surface area contributed by atoms with E-state index in [2.05, 4.69) is 26.9 Å². The van der Waals surface area contributed by atoms with Crippen molar-refractivity contribution in [3.63, 3.8) is 0 Å². The zero-order valence-electron chi connectivity index (χ0n) is 25.0. The van der Waals surface area contributed by atoms with Gasteiger partial charge in [-0.15, -0.1) is 10.2 Å². The molecule has 0 amide bonds. The highest BCUT2D eigenvalue weighted by atomic mass is 35.5. The Hall–Kier alpha value is -3.31. The average molecular weight is 675 g/mol. The predicted octanol–water partition coefficient (Wildman–Crippen LogP) is 4.48. The third-order valence-corrected chi connectivity index (χ3v) is 8.85. The van der Waals surface area contributed by atoms with E-state index in [4.69, 9.17) is 26.5 Å². The molecule has 17 heteroatoms. The minimum absolute atomic E-state index is 0.0586. The molecule has 2 N–H and O–H groups in total. The average Bonchev–Trinajstić information content (AvgIpc) is 3.45. The first kappa shape index (κ1) is 34.6. The number of anilines is 1. The SMILES string of the molecule is COCCN(CC1CC1C)c1cc(-c2nnc(C(C)C(N)c3ccccc3)o2)c(Cl)c(CN(OC(=O)C(F)(F)F)S(C)(=O)=O)n1. The standard InChI is InChI=1S/C28H34ClF3N6O6S/c1-16-12-19(16)14-37(10-11-42-3)22-13-20(26-36-35-25(43-26)17(2)24(33)18-8-6-5-7-9-18)23(29)21(34-22)15-38(45(4,40)41)44-27(39)28(30,31)32/h5-9,13,16-17,19,24H,10-12,14-15,33H2,1-4H3. The minimum Gasteiger partial charge on any atom is -0.420 e. The highest BCUT2D eigenvalue weighted by Crippen LogP contribution is 2.40. The summed E-state index contributed by atoms with van der Waals surface area (Å²) in [5, 5.41) is 8.11. The van der Waals surface area contributed by atoms with Gasteiger partial charge in [-0.2, -0.15) is 13.2 Å². The van der Waals surface area contributed by atoms with Crippen LogP contribution in [0, 0.1) is 11.8 Å². The molecule has 246 valence electrons. The smallest absolute Gasteiger partial charge is 0.420 e. The normalized spacial score (nSPS) is 18.1. The lowest BCUT2D eigenvalue weighted by Gasteiger charge is -2.26. The number of methoxy groups -OCH3 is 1. The third-order valence-electron chi connectivity index (χ3n) is 7.48. The van der Waals surface area contributed by atoms with Gasteiger partial charge in [-0.05, 0) is 34.4 Å². The van der Waals surface area contributed by atoms with Crippen LogP contribution in [0.15, 0.2) is 40.8 Å². The van der Waals surface area contributed by atoms with Crippen molar-refractivity contribution in [3.05, 3.63) is 58.6 Å². The molecule has 0 bridgehead atoms. The van der Waals surface area contributed by atoms with Gasteiger partial charge in [-0.3, -0.25) is 0 Å². The van der Waals surface area contributed by atoms with Crippen LogP contribution in [-0.2, 0) is 30.9 Å². The van der Waals surface area contributed by atoms with Crippen molar-refractivity contribution < 1.29 is 40.4 Å². The minimum atomic E-state index is -5.46. The lowest BCUT2D eigenvalue weighted by molar-refractivity contribution is -0.223. The van der Waals surface area contributed by atoms with E-state index in [1.165, 1.54) is 7.11 Å². The van der Waals surface area contributed by atoms with Gasteiger partial charge in [0.05, 0.1) is 41.6 Å². The van der Waals surface area contributed by atoms with E-state index in [0.717, 1.165) is 12.0 Å². The first-order chi connectivity index (χ1) is 21.1. The number of pyridine rings is 1. The van der Waals surface area contributed by atoms with Crippen molar-refractivity contribution in [1.29, 1.82) is 0 Å². The monoisotopic (exact) mass is 674 g/mol. The Morgan fingerprint density at radius 3 is 2.49 bits per heavy atom. The van der Waals surface area contributed by atoms with Gasteiger partial charge >= 0.3 is 12.1 Å². The van der Waals surface area contributed by atoms with E-state index < -0.39 is 40.7 Å². The summed E-state index contributed by atoms with van der Waals surface area (Å²) in [4.78, 5) is 22.2. The van der Waals surface area contributed by atoms with Gasteiger partial charge in [0.2, 0.25) is 21.8 Å². The largest absolute Gasteiger partial charge is 0.492 e. The number of aromatic nitrogens is 3. The Labute approximate surface area is 263 Å². The number of alkyl halides is 3. The molecule has 4 atom stereocenters. The molecule has 4 unspecified atom stereocenters. The molecule has 1 aromatic carbocycles. The number of benzene rings is 1. The topological polar surface area (TPSA) is 154 Å². The van der Waals surface area contributed by atoms with Gasteiger partial charge in [0.1, 0.15) is 5.82 Å². The molecule has 1 fully saturated rings. The van der Waals surface area contributed by atoms with E-state index in [1.54, 1.807) is 6.07 Å². The molecule has 2 aromatic heterocycles. The Bertz CT molecular complexity index is 1590. The number of carbonyl (C=O) groups is 1. The molecule has 0 radical (unpaired) electrons. The summed E-state index contributed by atoms with van der Waals surface area (Å²) in [7, 11) is -2.99. The number of rotatable bonds is 14. The maximum Gasteiger partial charge on any atom is 0.492 e. The summed E-state index contributed by atoms with van der Waals surface area (Å²) in [5.41, 5.74) is 7.21. The Morgan fingerprint density at radius 2 is 1.91 bits per heavy atom. The molecule has 0 saturated heterocycles. The number of sulfonamides is 1. The van der Waals surface area contributed by atoms with Crippen LogP contribution in [0.5, 0.6) is 0 Å². The van der Waals surface area contributed by atoms with Crippen molar-refractivity contribution in [3.8, 4) is 11.5 Å². The zero-order valence-corrected chi connectivity index (χ0v) is 26.6. The van der Waals surface area contributed by atoms with E-state index in [1.807, 2.05) is 42.2 Å². The van der Waals surface area contributed by atoms with Crippen LogP contribution in [-0.4, -0.2) is 73.3 Å². The second kappa shape index (κ2) is 14.0. The molecule has 3 aromatic rings. The van der Waals surface area contributed by atoms with Gasteiger partial charge in [0.15, 0.2) is 0 Å². The number of hydroxylamine groups is 1. The van der Waals surface area contributed by atoms with Crippen molar-refractivity contribution in [1.82, 2.24) is 19.6 Å². The summed E-state index contributed by atoms with van der Waals surface area (Å²) in [6, 6.07) is 10.4. The van der Waals surface area contributed by atoms with Crippen LogP contribution in [0.1, 0.15) is 49.4 Å². The van der Waals surface area contributed by atoms with Crippen molar-refractivity contribution in [2.24, 2.45) is 17.6 Å². The fraction of sp³-hybridized carbons (Fsp3) is 0.500. The molecule has 1 aliphatic carbocycles. The molecular weight excluding hydrogens is 641 g/mol. The Balaban J connectivity index is 1.77. The second-order valence-electron chi connectivity index (χ2n) is 11.0. The number of hydrogen-bond donors (Lipinski definition) is 1. The van der Waals surface area contributed by atoms with Crippen LogP contribution in [0.4, 0.5) is 19.0 Å². The molecule has 45 heavy (non-hydrogen) atoms. The predicted molar refractivity (Wildman–Crippen MR) is 158 cm³/mol. The van der Waals surface area contributed by atoms with Crippen molar-refractivity contribution in [2.45, 2.75) is 44.9 Å². The van der Waals surface area contributed by atoms with Crippen LogP contribution < -0.4 is 10.6 Å². The number of carbonyl (C=O) groups excluding carboxylic acids is 1. The van der Waals surface area contributed by atoms with Crippen LogP contribution in [0.2, 0.25) is 5.02 Å². The number of halogens is 4. The van der Waals surface area contributed by atoms with Gasteiger partial charge in [0, 0.05) is 26.2 Å². The molecule has 1 saturated carbocycles. The molecule has 0 aliphatic heterocycles. The van der Waals surface area contributed by atoms with E-state index in [-0.39, 0.29) is 32.5 Å². The zero-order chi connectivity index (χ0) is 33.1. The van der Waals surface area contributed by atoms with Crippen LogP contribution in [0.25, 0.3) is 11.5 Å². The van der Waals surface area contributed by atoms with Crippen molar-refractivity contribution >= 4 is 33.4 Å². The first-order valence-electron chi connectivity index (χ1n) is 13.9. The highest BCUT2D eigenvalue weighted by Gasteiger charge is 2.44. The molecule has 12 nitrogen and oxygen atoms in total. The summed E-state index contributed by atoms with van der Waals surface area (Å²) in [6.07, 6.45) is -3.89. The Morgan fingerprint density at radius 1 is 1.24 bits per heavy atom. The quantitative estimate of drug-likeness (QED) is 0.241. The third kappa shape index (κ3) is 8.70. The summed E-state index contributed by atoms with van der Waals surface area (Å²) < 4.78 is 74.9. The van der Waals surface area contributed by atoms with Gasteiger partial charge in [-0.1, -0.05) is 55.8 Å². The van der Waals surface area contributed by atoms with E-state index in [0.29, 0.717) is 43.6 Å². The fourth-order valence-electron chi connectivity index (χ4n) is 4.56. The maximum atomic E-state index is 13.0. The van der Waals surface area contributed by atoms with Crippen LogP contribution >= 0.6 is 11.6 Å². The summed E-state index contributed by atoms with van der Waals surface area (Å²) >= 11 is 6.69. The van der Waals surface area contributed by atoms with Gasteiger partial charge < -0.3 is 24.6 Å². The number of hydrogen-bond acceptors (Lipinski definition) is 11. The van der Waals surface area contributed by atoms with Gasteiger partial charge in [-0.25, -0.2) is 18.2 Å². The molecule has 1 aliphatic rings. The Kier molecular flexibility index (Phi) is 10.7. The lowest BCUT2D eigenvalue weighted by Crippen LogP contribution is -2.38. The molecule has 4 rings (SSSR count). The lowest BCUT2D eigenvalue weighted by atomic mass is 9.95. The number of nitrogens with zero attached hydrogens (tertiary/aromatic N) is 5.